The molecule has 7 heteroatoms. The summed E-state index contributed by atoms with van der Waals surface area (Å²) in [5.74, 6) is -0.0862. The fraction of sp³-hybridized carbons (Fsp3) is 0.100. The predicted octanol–water partition coefficient (Wildman–Crippen LogP) is 4.09. The van der Waals surface area contributed by atoms with Crippen LogP contribution < -0.4 is 0 Å². The molecule has 2 rings (SSSR count). The summed E-state index contributed by atoms with van der Waals surface area (Å²) in [7, 11) is 2.29. The number of aromatic hydroxyl groups is 1. The van der Waals surface area contributed by atoms with Crippen LogP contribution in [0.2, 0.25) is 0 Å². The van der Waals surface area contributed by atoms with Crippen molar-refractivity contribution in [3.8, 4) is 5.88 Å². The molecule has 2 N–H and O–H groups in total. The molecule has 1 amide bonds. The van der Waals surface area contributed by atoms with E-state index in [0.717, 1.165) is 21.7 Å². The van der Waals surface area contributed by atoms with Gasteiger partial charge in [-0.15, -0.1) is 5.11 Å². The number of nitrogens with zero attached hydrogens (tertiary/aromatic N) is 2. The minimum atomic E-state index is -0.401. The minimum Gasteiger partial charge on any atom is -0.493 e. The van der Waals surface area contributed by atoms with E-state index in [1.165, 1.54) is 10.8 Å². The molecule has 0 fully saturated rings. The standard InChI is InChI=1S/C10H9N3O2S2/c1-16-17-10(15)13-12-8-6-4-2-3-5-7(6)11-9(8)14/h2-5,11,14H,1H3. The average molecular weight is 267 g/mol. The van der Waals surface area contributed by atoms with E-state index in [1.54, 1.807) is 12.3 Å². The number of amides is 1. The van der Waals surface area contributed by atoms with Gasteiger partial charge in [0.2, 0.25) is 5.88 Å². The Morgan fingerprint density at radius 1 is 1.41 bits per heavy atom. The molecule has 0 spiro atoms. The first-order valence-electron chi connectivity index (χ1n) is 4.68. The van der Waals surface area contributed by atoms with Crippen molar-refractivity contribution in [1.82, 2.24) is 4.98 Å². The van der Waals surface area contributed by atoms with Crippen molar-refractivity contribution in [2.24, 2.45) is 10.2 Å². The normalized spacial score (nSPS) is 11.4. The molecule has 1 aromatic heterocycles. The van der Waals surface area contributed by atoms with Gasteiger partial charge in [0.15, 0.2) is 5.69 Å². The van der Waals surface area contributed by atoms with Crippen LogP contribution in [0.3, 0.4) is 0 Å². The van der Waals surface area contributed by atoms with E-state index in [9.17, 15) is 9.90 Å². The molecule has 0 unspecified atom stereocenters. The number of carbonyl (C=O) groups is 1. The number of carbonyl (C=O) groups excluding carboxylic acids is 1. The molecule has 0 saturated carbocycles. The summed E-state index contributed by atoms with van der Waals surface area (Å²) in [5, 5.41) is 17.3. The lowest BCUT2D eigenvalue weighted by molar-refractivity contribution is 0.266. The largest absolute Gasteiger partial charge is 0.493 e. The van der Waals surface area contributed by atoms with Crippen molar-refractivity contribution < 1.29 is 9.90 Å². The molecular formula is C10H9N3O2S2. The second kappa shape index (κ2) is 5.24. The molecule has 2 aromatic rings. The third kappa shape index (κ3) is 2.62. The smallest absolute Gasteiger partial charge is 0.333 e. The highest BCUT2D eigenvalue weighted by Gasteiger charge is 2.10. The number of benzene rings is 1. The maximum atomic E-state index is 11.2. The summed E-state index contributed by atoms with van der Waals surface area (Å²) in [4.78, 5) is 13.9. The number of nitrogens with one attached hydrogen (secondary N) is 1. The number of azo groups is 1. The Bertz CT molecular complexity index is 580. The van der Waals surface area contributed by atoms with Gasteiger partial charge in [0, 0.05) is 16.2 Å². The van der Waals surface area contributed by atoms with Crippen LogP contribution in [0.25, 0.3) is 10.9 Å². The first kappa shape index (κ1) is 12.0. The Morgan fingerprint density at radius 2 is 2.18 bits per heavy atom. The number of fused-ring (bicyclic) bond motifs is 1. The molecule has 0 bridgehead atoms. The molecule has 0 aliphatic carbocycles. The van der Waals surface area contributed by atoms with E-state index in [-0.39, 0.29) is 11.6 Å². The molecule has 88 valence electrons. The van der Waals surface area contributed by atoms with Gasteiger partial charge >= 0.3 is 5.24 Å². The maximum Gasteiger partial charge on any atom is 0.333 e. The van der Waals surface area contributed by atoms with Crippen molar-refractivity contribution in [2.45, 2.75) is 0 Å². The lowest BCUT2D eigenvalue weighted by Gasteiger charge is -1.90. The summed E-state index contributed by atoms with van der Waals surface area (Å²) in [5.41, 5.74) is 1.04. The van der Waals surface area contributed by atoms with E-state index in [4.69, 9.17) is 0 Å². The SMILES string of the molecule is CSSC(=O)N=Nc1c(O)[nH]c2ccccc12. The van der Waals surface area contributed by atoms with Gasteiger partial charge in [-0.25, -0.2) is 0 Å². The Labute approximate surface area is 105 Å². The van der Waals surface area contributed by atoms with Crippen molar-refractivity contribution in [3.63, 3.8) is 0 Å². The van der Waals surface area contributed by atoms with Crippen LogP contribution in [-0.4, -0.2) is 21.6 Å². The van der Waals surface area contributed by atoms with Crippen molar-refractivity contribution in [3.05, 3.63) is 24.3 Å². The summed E-state index contributed by atoms with van der Waals surface area (Å²) < 4.78 is 0. The molecule has 5 nitrogen and oxygen atoms in total. The van der Waals surface area contributed by atoms with Crippen molar-refractivity contribution in [2.75, 3.05) is 6.26 Å². The summed E-state index contributed by atoms with van der Waals surface area (Å²) in [6.45, 7) is 0. The molecule has 17 heavy (non-hydrogen) atoms. The molecule has 0 radical (unpaired) electrons. The monoisotopic (exact) mass is 267 g/mol. The van der Waals surface area contributed by atoms with Gasteiger partial charge in [0.25, 0.3) is 0 Å². The Morgan fingerprint density at radius 3 is 2.94 bits per heavy atom. The number of hydrogen-bond donors (Lipinski definition) is 2. The van der Waals surface area contributed by atoms with E-state index in [2.05, 4.69) is 15.2 Å². The molecule has 1 aromatic carbocycles. The van der Waals surface area contributed by atoms with Gasteiger partial charge in [-0.3, -0.25) is 4.79 Å². The van der Waals surface area contributed by atoms with Gasteiger partial charge in [-0.1, -0.05) is 34.1 Å². The van der Waals surface area contributed by atoms with Crippen molar-refractivity contribution in [1.29, 1.82) is 0 Å². The minimum absolute atomic E-state index is 0.0862. The van der Waals surface area contributed by atoms with E-state index in [1.807, 2.05) is 18.2 Å². The highest BCUT2D eigenvalue weighted by atomic mass is 33.1. The fourth-order valence-corrected chi connectivity index (χ4v) is 2.14. The zero-order chi connectivity index (χ0) is 12.3. The Hall–Kier alpha value is -1.47. The average Bonchev–Trinajstić information content (AvgIpc) is 2.62. The van der Waals surface area contributed by atoms with Crippen LogP contribution in [0.4, 0.5) is 10.5 Å². The van der Waals surface area contributed by atoms with Crippen LogP contribution >= 0.6 is 21.6 Å². The zero-order valence-electron chi connectivity index (χ0n) is 8.88. The van der Waals surface area contributed by atoms with Crippen LogP contribution in [0.15, 0.2) is 34.5 Å². The second-order valence-electron chi connectivity index (χ2n) is 3.08. The Kier molecular flexibility index (Phi) is 3.70. The van der Waals surface area contributed by atoms with Crippen molar-refractivity contribution >= 4 is 43.4 Å². The van der Waals surface area contributed by atoms with Gasteiger partial charge < -0.3 is 10.1 Å². The fourth-order valence-electron chi connectivity index (χ4n) is 1.39. The first-order valence-corrected chi connectivity index (χ1v) is 7.24. The van der Waals surface area contributed by atoms with Crippen LogP contribution in [-0.2, 0) is 0 Å². The number of aromatic nitrogens is 1. The van der Waals surface area contributed by atoms with E-state index in [0.29, 0.717) is 0 Å². The van der Waals surface area contributed by atoms with Gasteiger partial charge in [0.1, 0.15) is 0 Å². The van der Waals surface area contributed by atoms with Crippen LogP contribution in [0, 0.1) is 0 Å². The highest BCUT2D eigenvalue weighted by Crippen LogP contribution is 2.35. The third-order valence-corrected chi connectivity index (χ3v) is 3.36. The molecular weight excluding hydrogens is 258 g/mol. The van der Waals surface area contributed by atoms with Crippen LogP contribution in [0.1, 0.15) is 0 Å². The van der Waals surface area contributed by atoms with Gasteiger partial charge in [-0.05, 0) is 12.3 Å². The number of para-hydroxylation sites is 1. The summed E-state index contributed by atoms with van der Waals surface area (Å²) in [6, 6.07) is 7.28. The second-order valence-corrected chi connectivity index (χ2v) is 5.43. The number of H-pyrrole nitrogens is 1. The molecule has 0 saturated heterocycles. The summed E-state index contributed by atoms with van der Waals surface area (Å²) >= 11 is 0. The van der Waals surface area contributed by atoms with Gasteiger partial charge in [-0.2, -0.15) is 0 Å². The molecule has 0 aliphatic rings. The number of aromatic amines is 1. The first-order chi connectivity index (χ1) is 8.22. The highest BCUT2D eigenvalue weighted by molar-refractivity contribution is 8.82. The summed E-state index contributed by atoms with van der Waals surface area (Å²) in [6.07, 6.45) is 1.78. The Balaban J connectivity index is 2.35. The molecule has 0 atom stereocenters. The topological polar surface area (TPSA) is 77.8 Å². The zero-order valence-corrected chi connectivity index (χ0v) is 10.5. The quantitative estimate of drug-likeness (QED) is 0.634. The third-order valence-electron chi connectivity index (χ3n) is 2.05. The lowest BCUT2D eigenvalue weighted by Crippen LogP contribution is -1.74. The van der Waals surface area contributed by atoms with Crippen LogP contribution in [0.5, 0.6) is 5.88 Å². The maximum absolute atomic E-state index is 11.2. The van der Waals surface area contributed by atoms with Gasteiger partial charge in [0.05, 0.1) is 5.52 Å². The lowest BCUT2D eigenvalue weighted by atomic mass is 10.2. The molecule has 1 heterocycles. The predicted molar refractivity (Wildman–Crippen MR) is 71.0 cm³/mol. The number of hydrogen-bond acceptors (Lipinski definition) is 5. The molecule has 0 aliphatic heterocycles. The number of rotatable bonds is 2. The van der Waals surface area contributed by atoms with E-state index >= 15 is 0 Å². The van der Waals surface area contributed by atoms with E-state index < -0.39 is 5.24 Å².